The van der Waals surface area contributed by atoms with E-state index in [-0.39, 0.29) is 0 Å². The van der Waals surface area contributed by atoms with Crippen LogP contribution in [0.3, 0.4) is 0 Å². The highest BCUT2D eigenvalue weighted by Gasteiger charge is 1.96. The van der Waals surface area contributed by atoms with Crippen LogP contribution in [0.2, 0.25) is 5.02 Å². The summed E-state index contributed by atoms with van der Waals surface area (Å²) in [4.78, 5) is 2.50. The summed E-state index contributed by atoms with van der Waals surface area (Å²) in [6.45, 7) is 8.09. The first-order valence-corrected chi connectivity index (χ1v) is 4.62. The molecule has 2 heteroatoms. The van der Waals surface area contributed by atoms with E-state index in [2.05, 4.69) is 6.92 Å². The van der Waals surface area contributed by atoms with Gasteiger partial charge in [-0.3, -0.25) is 0 Å². The van der Waals surface area contributed by atoms with Crippen LogP contribution in [0, 0.1) is 13.8 Å². The van der Waals surface area contributed by atoms with Gasteiger partial charge in [0.15, 0.2) is 0 Å². The van der Waals surface area contributed by atoms with Crippen molar-refractivity contribution in [3.8, 4) is 0 Å². The molecule has 0 radical (unpaired) electrons. The molecule has 1 heterocycles. The molecule has 0 unspecified atom stereocenters. The van der Waals surface area contributed by atoms with Crippen LogP contribution in [0.4, 0.5) is 0 Å². The van der Waals surface area contributed by atoms with Crippen LogP contribution in [0.25, 0.3) is 0 Å². The fraction of sp³-hybridized carbons (Fsp3) is 0.500. The molecule has 58 valence electrons. The molecule has 0 nitrogen and oxygen atoms in total. The van der Waals surface area contributed by atoms with Gasteiger partial charge in [-0.25, -0.2) is 0 Å². The summed E-state index contributed by atoms with van der Waals surface area (Å²) in [5.41, 5.74) is 0. The van der Waals surface area contributed by atoms with Crippen LogP contribution in [0.5, 0.6) is 0 Å². The Hall–Kier alpha value is -0.0100. The molecular formula is C8H13ClS. The third-order valence-electron chi connectivity index (χ3n) is 0.980. The molecule has 0 spiro atoms. The van der Waals surface area contributed by atoms with Crippen LogP contribution in [-0.4, -0.2) is 0 Å². The molecule has 10 heavy (non-hydrogen) atoms. The lowest BCUT2D eigenvalue weighted by Gasteiger charge is -1.76. The third-order valence-corrected chi connectivity index (χ3v) is 2.45. The lowest BCUT2D eigenvalue weighted by atomic mass is 10.5. The third kappa shape index (κ3) is 2.72. The summed E-state index contributed by atoms with van der Waals surface area (Å²) in [7, 11) is 0. The SMILES string of the molecule is CC.Cc1cc(Cl)c(C)s1. The fourth-order valence-electron chi connectivity index (χ4n) is 0.600. The molecule has 1 aromatic rings. The van der Waals surface area contributed by atoms with E-state index in [0.717, 1.165) is 5.02 Å². The van der Waals surface area contributed by atoms with E-state index in [0.29, 0.717) is 0 Å². The van der Waals surface area contributed by atoms with Gasteiger partial charge in [0.25, 0.3) is 0 Å². The smallest absolute Gasteiger partial charge is 0.0544 e. The maximum Gasteiger partial charge on any atom is 0.0544 e. The molecule has 0 aliphatic rings. The Morgan fingerprint density at radius 2 is 1.80 bits per heavy atom. The van der Waals surface area contributed by atoms with Crippen molar-refractivity contribution in [3.05, 3.63) is 20.8 Å². The first kappa shape index (κ1) is 9.99. The van der Waals surface area contributed by atoms with Gasteiger partial charge in [-0.1, -0.05) is 25.4 Å². The molecule has 0 fully saturated rings. The average molecular weight is 177 g/mol. The summed E-state index contributed by atoms with van der Waals surface area (Å²) in [5.74, 6) is 0. The van der Waals surface area contributed by atoms with Gasteiger partial charge in [-0.05, 0) is 19.9 Å². The Morgan fingerprint density at radius 1 is 1.30 bits per heavy atom. The summed E-state index contributed by atoms with van der Waals surface area (Å²) in [5, 5.41) is 0.896. The molecule has 0 aliphatic carbocycles. The van der Waals surface area contributed by atoms with Crippen molar-refractivity contribution in [1.82, 2.24) is 0 Å². The van der Waals surface area contributed by atoms with Gasteiger partial charge in [0.05, 0.1) is 5.02 Å². The van der Waals surface area contributed by atoms with Gasteiger partial charge in [-0.15, -0.1) is 11.3 Å². The Balaban J connectivity index is 0.000000371. The second-order valence-electron chi connectivity index (χ2n) is 1.76. The van der Waals surface area contributed by atoms with Crippen LogP contribution < -0.4 is 0 Å². The van der Waals surface area contributed by atoms with Gasteiger partial charge in [0.1, 0.15) is 0 Å². The maximum atomic E-state index is 5.74. The molecular weight excluding hydrogens is 164 g/mol. The highest BCUT2D eigenvalue weighted by molar-refractivity contribution is 7.12. The van der Waals surface area contributed by atoms with E-state index >= 15 is 0 Å². The quantitative estimate of drug-likeness (QED) is 0.560. The standard InChI is InChI=1S/C6H7ClS.C2H6/c1-4-3-6(7)5(2)8-4;1-2/h3H,1-2H3;1-2H3. The van der Waals surface area contributed by atoms with E-state index in [9.17, 15) is 0 Å². The average Bonchev–Trinajstić information content (AvgIpc) is 2.16. The molecule has 0 saturated carbocycles. The minimum atomic E-state index is 0.896. The number of hydrogen-bond donors (Lipinski definition) is 0. The number of halogens is 1. The second-order valence-corrected chi connectivity index (χ2v) is 3.63. The minimum Gasteiger partial charge on any atom is -0.144 e. The van der Waals surface area contributed by atoms with Gasteiger partial charge in [-0.2, -0.15) is 0 Å². The van der Waals surface area contributed by atoms with Crippen molar-refractivity contribution in [1.29, 1.82) is 0 Å². The predicted octanol–water partition coefficient (Wildman–Crippen LogP) is 4.04. The first-order chi connectivity index (χ1) is 4.70. The minimum absolute atomic E-state index is 0.896. The molecule has 0 bridgehead atoms. The molecule has 0 saturated heterocycles. The number of hydrogen-bond acceptors (Lipinski definition) is 1. The van der Waals surface area contributed by atoms with Crippen LogP contribution in [-0.2, 0) is 0 Å². The Kier molecular flexibility index (Phi) is 4.75. The molecule has 0 atom stereocenters. The van der Waals surface area contributed by atoms with Crippen molar-refractivity contribution in [2.75, 3.05) is 0 Å². The van der Waals surface area contributed by atoms with Gasteiger partial charge < -0.3 is 0 Å². The van der Waals surface area contributed by atoms with E-state index < -0.39 is 0 Å². The number of thiophene rings is 1. The maximum absolute atomic E-state index is 5.74. The molecule has 0 N–H and O–H groups in total. The molecule has 0 aliphatic heterocycles. The first-order valence-electron chi connectivity index (χ1n) is 3.42. The summed E-state index contributed by atoms with van der Waals surface area (Å²) in [6, 6.07) is 1.99. The van der Waals surface area contributed by atoms with E-state index in [4.69, 9.17) is 11.6 Å². The summed E-state index contributed by atoms with van der Waals surface area (Å²) in [6.07, 6.45) is 0. The fourth-order valence-corrected chi connectivity index (χ4v) is 1.76. The van der Waals surface area contributed by atoms with Crippen molar-refractivity contribution in [2.24, 2.45) is 0 Å². The lowest BCUT2D eigenvalue weighted by Crippen LogP contribution is -1.53. The van der Waals surface area contributed by atoms with Gasteiger partial charge in [0.2, 0.25) is 0 Å². The number of rotatable bonds is 0. The summed E-state index contributed by atoms with van der Waals surface area (Å²) >= 11 is 7.48. The molecule has 1 rings (SSSR count). The largest absolute Gasteiger partial charge is 0.144 e. The van der Waals surface area contributed by atoms with Gasteiger partial charge >= 0.3 is 0 Å². The van der Waals surface area contributed by atoms with E-state index in [1.807, 2.05) is 26.8 Å². The number of aryl methyl sites for hydroxylation is 2. The normalized spacial score (nSPS) is 8.50. The van der Waals surface area contributed by atoms with Crippen molar-refractivity contribution in [3.63, 3.8) is 0 Å². The monoisotopic (exact) mass is 176 g/mol. The molecule has 0 aromatic carbocycles. The van der Waals surface area contributed by atoms with Crippen LogP contribution in [0.1, 0.15) is 23.6 Å². The Morgan fingerprint density at radius 3 is 1.90 bits per heavy atom. The van der Waals surface area contributed by atoms with Crippen LogP contribution >= 0.6 is 22.9 Å². The summed E-state index contributed by atoms with van der Waals surface area (Å²) < 4.78 is 0. The van der Waals surface area contributed by atoms with Crippen LogP contribution in [0.15, 0.2) is 6.07 Å². The zero-order valence-corrected chi connectivity index (χ0v) is 8.44. The molecule has 1 aromatic heterocycles. The van der Waals surface area contributed by atoms with E-state index in [1.165, 1.54) is 9.75 Å². The lowest BCUT2D eigenvalue weighted by molar-refractivity contribution is 1.50. The topological polar surface area (TPSA) is 0 Å². The predicted molar refractivity (Wildman–Crippen MR) is 50.2 cm³/mol. The van der Waals surface area contributed by atoms with Crippen molar-refractivity contribution in [2.45, 2.75) is 27.7 Å². The zero-order valence-electron chi connectivity index (χ0n) is 6.86. The highest BCUT2D eigenvalue weighted by Crippen LogP contribution is 2.24. The zero-order chi connectivity index (χ0) is 8.15. The highest BCUT2D eigenvalue weighted by atomic mass is 35.5. The van der Waals surface area contributed by atoms with E-state index in [1.54, 1.807) is 11.3 Å². The Labute approximate surface area is 71.8 Å². The van der Waals surface area contributed by atoms with Gasteiger partial charge in [0, 0.05) is 9.75 Å². The second kappa shape index (κ2) is 4.75. The van der Waals surface area contributed by atoms with Crippen molar-refractivity contribution >= 4 is 22.9 Å². The Bertz CT molecular complexity index is 172. The molecule has 0 amide bonds. The van der Waals surface area contributed by atoms with Crippen molar-refractivity contribution < 1.29 is 0 Å².